The molecule has 36 heavy (non-hydrogen) atoms. The lowest BCUT2D eigenvalue weighted by molar-refractivity contribution is -0.153. The van der Waals surface area contributed by atoms with Crippen LogP contribution in [0.15, 0.2) is 42.5 Å². The Morgan fingerprint density at radius 2 is 1.81 bits per heavy atom. The number of carbonyl (C=O) groups is 3. The van der Waals surface area contributed by atoms with Crippen LogP contribution in [-0.2, 0) is 30.5 Å². The van der Waals surface area contributed by atoms with E-state index in [9.17, 15) is 29.7 Å². The first-order valence-electron chi connectivity index (χ1n) is 12.2. The average Bonchev–Trinajstić information content (AvgIpc) is 3.02. The van der Waals surface area contributed by atoms with Gasteiger partial charge in [0.25, 0.3) is 5.91 Å². The maximum atomic E-state index is 13.1. The number of rotatable bonds is 12. The molecule has 1 fully saturated rings. The molecule has 1 aromatic carbocycles. The first-order valence-corrected chi connectivity index (χ1v) is 12.2. The quantitative estimate of drug-likeness (QED) is 0.237. The van der Waals surface area contributed by atoms with Crippen LogP contribution in [0.25, 0.3) is 0 Å². The Bertz CT molecular complexity index is 876. The summed E-state index contributed by atoms with van der Waals surface area (Å²) in [6, 6.07) is 8.24. The number of carbonyl (C=O) groups excluding carboxylic acids is 3. The van der Waals surface area contributed by atoms with Crippen LogP contribution < -0.4 is 5.32 Å². The lowest BCUT2D eigenvalue weighted by Gasteiger charge is -2.29. The van der Waals surface area contributed by atoms with Crippen LogP contribution in [0.1, 0.15) is 38.7 Å². The molecule has 0 saturated carbocycles. The summed E-state index contributed by atoms with van der Waals surface area (Å²) in [5.74, 6) is -1.69. The van der Waals surface area contributed by atoms with Crippen molar-refractivity contribution >= 4 is 17.8 Å². The Morgan fingerprint density at radius 3 is 2.44 bits per heavy atom. The number of nitrogens with zero attached hydrogens (tertiary/aromatic N) is 1. The fourth-order valence-electron chi connectivity index (χ4n) is 3.82. The van der Waals surface area contributed by atoms with Gasteiger partial charge in [-0.2, -0.15) is 0 Å². The third-order valence-electron chi connectivity index (χ3n) is 5.88. The van der Waals surface area contributed by atoms with Gasteiger partial charge in [-0.25, -0.2) is 0 Å². The van der Waals surface area contributed by atoms with Crippen LogP contribution in [0, 0.1) is 5.92 Å². The molecule has 5 atom stereocenters. The standard InChI is InChI=1S/C26H38N2O8/c1-17(2)12-13-20(29)22(31)23(32)24(35-3)25(33)27-19-11-7-8-14-28(26(19)34)15-21(30)36-16-18-9-5-4-6-10-18/h4-6,9-10,12-13,17,19-20,22-24,29,31-32H,7-8,11,14-16H2,1-3H3,(H,27,33)/t19-,20+,22-,23+,24+/m0/s1. The second kappa shape index (κ2) is 14.7. The number of hydrogen-bond donors (Lipinski definition) is 4. The predicted molar refractivity (Wildman–Crippen MR) is 131 cm³/mol. The molecule has 200 valence electrons. The lowest BCUT2D eigenvalue weighted by atomic mass is 10.00. The second-order valence-corrected chi connectivity index (χ2v) is 9.22. The largest absolute Gasteiger partial charge is 0.459 e. The molecule has 0 aromatic heterocycles. The summed E-state index contributed by atoms with van der Waals surface area (Å²) < 4.78 is 10.4. The first-order chi connectivity index (χ1) is 17.1. The molecule has 10 heteroatoms. The summed E-state index contributed by atoms with van der Waals surface area (Å²) in [4.78, 5) is 39.6. The molecular formula is C26H38N2O8. The highest BCUT2D eigenvalue weighted by atomic mass is 16.5. The second-order valence-electron chi connectivity index (χ2n) is 9.22. The molecule has 0 spiro atoms. The molecule has 0 aliphatic carbocycles. The number of likely N-dealkylation sites (tertiary alicyclic amines) is 1. The van der Waals surface area contributed by atoms with Gasteiger partial charge in [0.2, 0.25) is 5.91 Å². The summed E-state index contributed by atoms with van der Waals surface area (Å²) >= 11 is 0. The van der Waals surface area contributed by atoms with Gasteiger partial charge >= 0.3 is 5.97 Å². The van der Waals surface area contributed by atoms with Crippen molar-refractivity contribution in [2.24, 2.45) is 5.92 Å². The number of esters is 1. The van der Waals surface area contributed by atoms with Crippen molar-refractivity contribution in [2.75, 3.05) is 20.2 Å². The molecule has 0 unspecified atom stereocenters. The van der Waals surface area contributed by atoms with E-state index in [1.807, 2.05) is 44.2 Å². The zero-order chi connectivity index (χ0) is 26.7. The van der Waals surface area contributed by atoms with E-state index in [4.69, 9.17) is 9.47 Å². The van der Waals surface area contributed by atoms with Crippen molar-refractivity contribution in [3.05, 3.63) is 48.0 Å². The number of hydrogen-bond acceptors (Lipinski definition) is 8. The maximum Gasteiger partial charge on any atom is 0.325 e. The number of benzene rings is 1. The number of allylic oxidation sites excluding steroid dienone is 1. The Morgan fingerprint density at radius 1 is 1.11 bits per heavy atom. The molecule has 1 aromatic rings. The fraction of sp³-hybridized carbons (Fsp3) is 0.577. The summed E-state index contributed by atoms with van der Waals surface area (Å²) in [5.41, 5.74) is 0.828. The maximum absolute atomic E-state index is 13.1. The van der Waals surface area contributed by atoms with E-state index in [0.29, 0.717) is 25.8 Å². The van der Waals surface area contributed by atoms with E-state index in [0.717, 1.165) is 5.56 Å². The minimum Gasteiger partial charge on any atom is -0.459 e. The molecule has 0 radical (unpaired) electrons. The lowest BCUT2D eigenvalue weighted by Crippen LogP contribution is -2.56. The molecule has 4 N–H and O–H groups in total. The Kier molecular flexibility index (Phi) is 12.0. The van der Waals surface area contributed by atoms with Gasteiger partial charge in [0, 0.05) is 13.7 Å². The van der Waals surface area contributed by atoms with Crippen LogP contribution in [0.2, 0.25) is 0 Å². The van der Waals surface area contributed by atoms with E-state index in [1.54, 1.807) is 6.08 Å². The smallest absolute Gasteiger partial charge is 0.325 e. The molecular weight excluding hydrogens is 468 g/mol. The Hall–Kier alpha value is -2.79. The summed E-state index contributed by atoms with van der Waals surface area (Å²) in [6.45, 7) is 3.95. The van der Waals surface area contributed by atoms with Crippen molar-refractivity contribution in [2.45, 2.75) is 70.2 Å². The molecule has 1 heterocycles. The van der Waals surface area contributed by atoms with Crippen molar-refractivity contribution in [3.63, 3.8) is 0 Å². The highest BCUT2D eigenvalue weighted by Gasteiger charge is 2.38. The molecule has 2 rings (SSSR count). The summed E-state index contributed by atoms with van der Waals surface area (Å²) in [7, 11) is 1.18. The predicted octanol–water partition coefficient (Wildman–Crippen LogP) is 0.537. The van der Waals surface area contributed by atoms with Crippen molar-refractivity contribution in [1.29, 1.82) is 0 Å². The topological polar surface area (TPSA) is 146 Å². The van der Waals surface area contributed by atoms with E-state index in [2.05, 4.69) is 5.32 Å². The number of aliphatic hydroxyl groups is 3. The molecule has 1 aliphatic rings. The van der Waals surface area contributed by atoms with Gasteiger partial charge in [0.05, 0.1) is 0 Å². The van der Waals surface area contributed by atoms with Gasteiger partial charge in [-0.05, 0) is 30.7 Å². The SMILES string of the molecule is CO[C@@H](C(=O)N[C@H]1CCCCN(CC(=O)OCc2ccccc2)C1=O)[C@H](O)[C@@H](O)[C@H](O)C=CC(C)C. The highest BCUT2D eigenvalue weighted by Crippen LogP contribution is 2.15. The van der Waals surface area contributed by atoms with E-state index in [-0.39, 0.29) is 19.1 Å². The third-order valence-corrected chi connectivity index (χ3v) is 5.88. The van der Waals surface area contributed by atoms with Crippen molar-refractivity contribution in [1.82, 2.24) is 10.2 Å². The van der Waals surface area contributed by atoms with E-state index in [1.165, 1.54) is 18.1 Å². The van der Waals surface area contributed by atoms with Gasteiger partial charge in [-0.15, -0.1) is 0 Å². The normalized spacial score (nSPS) is 20.0. The zero-order valence-corrected chi connectivity index (χ0v) is 21.1. The fourth-order valence-corrected chi connectivity index (χ4v) is 3.82. The average molecular weight is 507 g/mol. The van der Waals surface area contributed by atoms with Crippen LogP contribution in [0.4, 0.5) is 0 Å². The molecule has 0 bridgehead atoms. The number of methoxy groups -OCH3 is 1. The summed E-state index contributed by atoms with van der Waals surface area (Å²) in [6.07, 6.45) is -1.75. The number of aliphatic hydroxyl groups excluding tert-OH is 3. The molecule has 1 saturated heterocycles. The van der Waals surface area contributed by atoms with Gasteiger partial charge in [0.1, 0.15) is 37.5 Å². The zero-order valence-electron chi connectivity index (χ0n) is 21.1. The van der Waals surface area contributed by atoms with Crippen LogP contribution in [-0.4, -0.2) is 88.7 Å². The Labute approximate surface area is 211 Å². The van der Waals surface area contributed by atoms with Gasteiger partial charge in [0.15, 0.2) is 6.10 Å². The van der Waals surface area contributed by atoms with Crippen molar-refractivity contribution in [3.8, 4) is 0 Å². The molecule has 2 amide bonds. The number of nitrogens with one attached hydrogen (secondary N) is 1. The molecule has 1 aliphatic heterocycles. The highest BCUT2D eigenvalue weighted by molar-refractivity contribution is 5.91. The monoisotopic (exact) mass is 506 g/mol. The van der Waals surface area contributed by atoms with Gasteiger partial charge < -0.3 is 35.0 Å². The molecule has 10 nitrogen and oxygen atoms in total. The Balaban J connectivity index is 1.97. The van der Waals surface area contributed by atoms with E-state index < -0.39 is 48.2 Å². The van der Waals surface area contributed by atoms with Gasteiger partial charge in [-0.1, -0.05) is 56.3 Å². The number of amides is 2. The minimum absolute atomic E-state index is 0.0931. The van der Waals surface area contributed by atoms with Crippen LogP contribution in [0.3, 0.4) is 0 Å². The van der Waals surface area contributed by atoms with Crippen LogP contribution in [0.5, 0.6) is 0 Å². The van der Waals surface area contributed by atoms with Crippen molar-refractivity contribution < 1.29 is 39.2 Å². The third kappa shape index (κ3) is 9.02. The van der Waals surface area contributed by atoms with Crippen LogP contribution >= 0.6 is 0 Å². The minimum atomic E-state index is -1.74. The first kappa shape index (κ1) is 29.4. The van der Waals surface area contributed by atoms with Gasteiger partial charge in [-0.3, -0.25) is 14.4 Å². The number of ether oxygens (including phenoxy) is 2. The van der Waals surface area contributed by atoms with E-state index >= 15 is 0 Å². The summed E-state index contributed by atoms with van der Waals surface area (Å²) in [5, 5.41) is 33.4.